The van der Waals surface area contributed by atoms with Crippen LogP contribution in [-0.4, -0.2) is 60.6 Å². The van der Waals surface area contributed by atoms with E-state index in [4.69, 9.17) is 4.74 Å². The first-order valence-corrected chi connectivity index (χ1v) is 13.4. The highest BCUT2D eigenvalue weighted by atomic mass is 32.3. The van der Waals surface area contributed by atoms with Crippen LogP contribution in [-0.2, 0) is 29.3 Å². The van der Waals surface area contributed by atoms with Gasteiger partial charge in [-0.15, -0.1) is 3.77 Å². The Morgan fingerprint density at radius 1 is 1.41 bits per heavy atom. The summed E-state index contributed by atoms with van der Waals surface area (Å²) < 4.78 is 60.5. The van der Waals surface area contributed by atoms with E-state index < -0.39 is 43.0 Å². The van der Waals surface area contributed by atoms with Crippen LogP contribution in [0, 0.1) is 5.82 Å². The number of hydrogen-bond donors (Lipinski definition) is 1. The summed E-state index contributed by atoms with van der Waals surface area (Å²) in [4.78, 5) is 24.4. The molecule has 0 spiro atoms. The minimum absolute atomic E-state index is 0.0231. The van der Waals surface area contributed by atoms with Crippen molar-refractivity contribution < 1.29 is 31.3 Å². The second-order valence-corrected chi connectivity index (χ2v) is 12.8. The fourth-order valence-electron chi connectivity index (χ4n) is 3.30. The lowest BCUT2D eigenvalue weighted by atomic mass is 10.0. The number of anilines is 1. The van der Waals surface area contributed by atoms with Crippen LogP contribution in [0.4, 0.5) is 14.9 Å². The van der Waals surface area contributed by atoms with Crippen LogP contribution in [0.5, 0.6) is 0 Å². The average Bonchev–Trinajstić information content (AvgIpc) is 3.07. The highest BCUT2D eigenvalue weighted by molar-refractivity contribution is 8.03. The molecule has 0 saturated carbocycles. The number of rotatable bonds is 6. The van der Waals surface area contributed by atoms with Gasteiger partial charge in [0.2, 0.25) is 5.91 Å². The number of nitrogens with zero attached hydrogens (tertiary/aromatic N) is 2. The quantitative estimate of drug-likeness (QED) is 0.657. The molecule has 1 aromatic carbocycles. The van der Waals surface area contributed by atoms with Crippen molar-refractivity contribution in [3.8, 4) is 0 Å². The van der Waals surface area contributed by atoms with Crippen molar-refractivity contribution in [2.45, 2.75) is 38.5 Å². The molecule has 32 heavy (non-hydrogen) atoms. The van der Waals surface area contributed by atoms with Crippen molar-refractivity contribution in [3.05, 3.63) is 35.7 Å². The van der Waals surface area contributed by atoms with Crippen LogP contribution in [0.1, 0.15) is 32.8 Å². The normalized spacial score (nSPS) is 23.7. The first-order chi connectivity index (χ1) is 14.9. The Labute approximate surface area is 187 Å². The number of allylic oxidation sites excluding steroid dienone is 1. The number of carbonyl (C=O) groups is 2. The molecule has 176 valence electrons. The molecule has 1 N–H and O–H groups in total. The van der Waals surface area contributed by atoms with E-state index in [1.807, 2.05) is 0 Å². The molecular weight excluding hydrogens is 461 g/mol. The van der Waals surface area contributed by atoms with Gasteiger partial charge in [0.25, 0.3) is 10.0 Å². The van der Waals surface area contributed by atoms with Crippen LogP contribution in [0.3, 0.4) is 0 Å². The number of amides is 2. The zero-order valence-corrected chi connectivity index (χ0v) is 19.7. The molecule has 1 unspecified atom stereocenters. The summed E-state index contributed by atoms with van der Waals surface area (Å²) in [5, 5.41) is 1.82. The largest absolute Gasteiger partial charge is 0.442 e. The standard InChI is InChI=1S/C20H26FN3O6S2/c1-13(2)32(28,29)23-31(27)8-6-15(7-9-31)18-5-4-16(10-19(18)21)24-12-17(30-20(24)26)11-22-14(3)25/h4-6,10,13,17H,7-9,11-12H2,1-3H3,(H,22,25)/t17-,31?/m1/s1. The van der Waals surface area contributed by atoms with Gasteiger partial charge in [-0.05, 0) is 44.0 Å². The fraction of sp³-hybridized carbons (Fsp3) is 0.500. The molecule has 3 rings (SSSR count). The number of benzene rings is 1. The van der Waals surface area contributed by atoms with E-state index in [1.165, 1.54) is 37.8 Å². The van der Waals surface area contributed by atoms with Gasteiger partial charge in [-0.3, -0.25) is 9.69 Å². The minimum Gasteiger partial charge on any atom is -0.442 e. The van der Waals surface area contributed by atoms with Crippen LogP contribution in [0.2, 0.25) is 0 Å². The molecule has 0 radical (unpaired) electrons. The molecule has 2 aliphatic rings. The zero-order chi connectivity index (χ0) is 23.7. The summed E-state index contributed by atoms with van der Waals surface area (Å²) in [6.07, 6.45) is 0.624. The van der Waals surface area contributed by atoms with Crippen molar-refractivity contribution in [3.63, 3.8) is 0 Å². The predicted molar refractivity (Wildman–Crippen MR) is 120 cm³/mol. The van der Waals surface area contributed by atoms with E-state index in [0.29, 0.717) is 16.8 Å². The number of hydrogen-bond acceptors (Lipinski definition) is 6. The van der Waals surface area contributed by atoms with Crippen molar-refractivity contribution >= 4 is 43.0 Å². The topological polar surface area (TPSA) is 122 Å². The average molecular weight is 488 g/mol. The number of carbonyl (C=O) groups excluding carboxylic acids is 2. The van der Waals surface area contributed by atoms with Crippen molar-refractivity contribution in [2.24, 2.45) is 3.77 Å². The summed E-state index contributed by atoms with van der Waals surface area (Å²) in [6, 6.07) is 4.33. The van der Waals surface area contributed by atoms with Crippen LogP contribution >= 0.6 is 0 Å². The molecule has 9 nitrogen and oxygen atoms in total. The third kappa shape index (κ3) is 5.47. The maximum atomic E-state index is 14.9. The highest BCUT2D eigenvalue weighted by Gasteiger charge is 2.33. The number of halogens is 1. The fourth-order valence-corrected chi connectivity index (χ4v) is 7.21. The number of cyclic esters (lactones) is 1. The molecule has 2 heterocycles. The lowest BCUT2D eigenvalue weighted by Crippen LogP contribution is -2.33. The van der Waals surface area contributed by atoms with Crippen LogP contribution < -0.4 is 10.2 Å². The number of ether oxygens (including phenoxy) is 1. The van der Waals surface area contributed by atoms with Gasteiger partial charge in [0.1, 0.15) is 11.9 Å². The van der Waals surface area contributed by atoms with E-state index in [-0.39, 0.29) is 36.9 Å². The molecule has 12 heteroatoms. The third-order valence-electron chi connectivity index (χ3n) is 5.18. The summed E-state index contributed by atoms with van der Waals surface area (Å²) >= 11 is 0. The summed E-state index contributed by atoms with van der Waals surface area (Å²) in [7, 11) is -6.76. The molecule has 0 aromatic heterocycles. The Kier molecular flexibility index (Phi) is 6.94. The maximum Gasteiger partial charge on any atom is 0.414 e. The SMILES string of the molecule is CC(=O)NC[C@@H]1CN(c2ccc(C3=CCS(=O)(=NS(=O)(=O)C(C)C)CC3)c(F)c2)C(=O)O1. The third-order valence-corrected chi connectivity index (χ3v) is 9.82. The Balaban J connectivity index is 1.76. The van der Waals surface area contributed by atoms with E-state index >= 15 is 0 Å². The monoisotopic (exact) mass is 487 g/mol. The van der Waals surface area contributed by atoms with Gasteiger partial charge in [-0.25, -0.2) is 21.8 Å². The second kappa shape index (κ2) is 9.18. The van der Waals surface area contributed by atoms with Gasteiger partial charge in [-0.2, -0.15) is 0 Å². The smallest absolute Gasteiger partial charge is 0.414 e. The van der Waals surface area contributed by atoms with E-state index in [0.717, 1.165) is 0 Å². The summed E-state index contributed by atoms with van der Waals surface area (Å²) in [6.45, 7) is 4.65. The van der Waals surface area contributed by atoms with E-state index in [2.05, 4.69) is 9.08 Å². The Morgan fingerprint density at radius 2 is 2.12 bits per heavy atom. The molecule has 2 atom stereocenters. The number of nitrogens with one attached hydrogen (secondary N) is 1. The van der Waals surface area contributed by atoms with Gasteiger partial charge in [0.15, 0.2) is 0 Å². The first-order valence-electron chi connectivity index (χ1n) is 10.1. The van der Waals surface area contributed by atoms with E-state index in [1.54, 1.807) is 12.1 Å². The van der Waals surface area contributed by atoms with Gasteiger partial charge in [0, 0.05) is 18.2 Å². The Morgan fingerprint density at radius 3 is 2.69 bits per heavy atom. The van der Waals surface area contributed by atoms with Gasteiger partial charge >= 0.3 is 6.09 Å². The molecule has 1 fully saturated rings. The van der Waals surface area contributed by atoms with Crippen LogP contribution in [0.15, 0.2) is 28.0 Å². The van der Waals surface area contributed by atoms with Gasteiger partial charge in [0.05, 0.1) is 39.5 Å². The first kappa shape index (κ1) is 24.2. The molecule has 2 aliphatic heterocycles. The lowest BCUT2D eigenvalue weighted by Gasteiger charge is -2.19. The van der Waals surface area contributed by atoms with E-state index in [9.17, 15) is 26.6 Å². The molecule has 0 aliphatic carbocycles. The molecule has 1 saturated heterocycles. The van der Waals surface area contributed by atoms with Crippen molar-refractivity contribution in [1.29, 1.82) is 0 Å². The Hall–Kier alpha value is -2.47. The van der Waals surface area contributed by atoms with Crippen molar-refractivity contribution in [2.75, 3.05) is 29.5 Å². The zero-order valence-electron chi connectivity index (χ0n) is 18.0. The molecule has 0 bridgehead atoms. The molecular formula is C20H26FN3O6S2. The van der Waals surface area contributed by atoms with Gasteiger partial charge < -0.3 is 10.1 Å². The second-order valence-electron chi connectivity index (χ2n) is 7.98. The van der Waals surface area contributed by atoms with Crippen LogP contribution in [0.25, 0.3) is 5.57 Å². The lowest BCUT2D eigenvalue weighted by molar-refractivity contribution is -0.119. The predicted octanol–water partition coefficient (Wildman–Crippen LogP) is 2.28. The highest BCUT2D eigenvalue weighted by Crippen LogP contribution is 2.31. The maximum absolute atomic E-state index is 14.9. The molecule has 2 amide bonds. The van der Waals surface area contributed by atoms with Crippen molar-refractivity contribution in [1.82, 2.24) is 5.32 Å². The number of sulfonamides is 1. The molecule has 1 aromatic rings. The summed E-state index contributed by atoms with van der Waals surface area (Å²) in [5.74, 6) is -0.852. The minimum atomic E-state index is -3.81. The van der Waals surface area contributed by atoms with Gasteiger partial charge in [-0.1, -0.05) is 6.08 Å². The Bertz CT molecular complexity index is 1190. The summed E-state index contributed by atoms with van der Waals surface area (Å²) in [5.41, 5.74) is 1.22.